The number of ether oxygens (including phenoxy) is 3. The van der Waals surface area contributed by atoms with Crippen molar-refractivity contribution in [3.05, 3.63) is 35.3 Å². The number of fused-ring (bicyclic) bond motifs is 7. The minimum absolute atomic E-state index is 0.00906. The Bertz CT molecular complexity index is 829. The topological polar surface area (TPSA) is 57.9 Å². The number of furan rings is 1. The molecule has 21 heavy (non-hydrogen) atoms. The molecule has 0 spiro atoms. The zero-order valence-corrected chi connectivity index (χ0v) is 11.3. The third kappa shape index (κ3) is 1.24. The second kappa shape index (κ2) is 3.61. The van der Waals surface area contributed by atoms with E-state index in [1.807, 2.05) is 12.1 Å². The van der Waals surface area contributed by atoms with E-state index in [0.717, 1.165) is 16.5 Å². The summed E-state index contributed by atoms with van der Waals surface area (Å²) in [5.74, 6) is 1.94. The molecule has 0 amide bonds. The van der Waals surface area contributed by atoms with Gasteiger partial charge in [-0.3, -0.25) is 4.79 Å². The lowest BCUT2D eigenvalue weighted by Gasteiger charge is -2.08. The number of hydrogen-bond acceptors (Lipinski definition) is 5. The van der Waals surface area contributed by atoms with E-state index in [2.05, 4.69) is 0 Å². The predicted molar refractivity (Wildman–Crippen MR) is 72.8 cm³/mol. The van der Waals surface area contributed by atoms with E-state index in [1.165, 1.54) is 0 Å². The molecule has 106 valence electrons. The molecule has 0 fully saturated rings. The Hall–Kier alpha value is -2.43. The van der Waals surface area contributed by atoms with Crippen LogP contribution in [0.2, 0.25) is 0 Å². The molecule has 2 unspecified atom stereocenters. The highest BCUT2D eigenvalue weighted by molar-refractivity contribution is 6.06. The van der Waals surface area contributed by atoms with Crippen LogP contribution in [0.5, 0.6) is 11.5 Å². The Kier molecular flexibility index (Phi) is 1.93. The van der Waals surface area contributed by atoms with Crippen LogP contribution in [0.1, 0.15) is 34.0 Å². The maximum atomic E-state index is 12.0. The van der Waals surface area contributed by atoms with Crippen molar-refractivity contribution in [2.45, 2.75) is 25.0 Å². The van der Waals surface area contributed by atoms with Crippen molar-refractivity contribution in [1.82, 2.24) is 0 Å². The Morgan fingerprint density at radius 1 is 1.33 bits per heavy atom. The maximum absolute atomic E-state index is 12.0. The fourth-order valence-electron chi connectivity index (χ4n) is 3.53. The molecule has 2 aromatic rings. The van der Waals surface area contributed by atoms with Crippen LogP contribution in [0.25, 0.3) is 11.0 Å². The van der Waals surface area contributed by atoms with Crippen LogP contribution in [-0.2, 0) is 11.2 Å². The van der Waals surface area contributed by atoms with E-state index in [1.54, 1.807) is 13.4 Å². The number of methoxy groups -OCH3 is 1. The normalized spacial score (nSPS) is 24.7. The Balaban J connectivity index is 1.88. The summed E-state index contributed by atoms with van der Waals surface area (Å²) in [7, 11) is 1.61. The predicted octanol–water partition coefficient (Wildman–Crippen LogP) is 2.92. The van der Waals surface area contributed by atoms with Crippen molar-refractivity contribution < 1.29 is 23.4 Å². The van der Waals surface area contributed by atoms with Gasteiger partial charge in [-0.05, 0) is 12.5 Å². The van der Waals surface area contributed by atoms with E-state index >= 15 is 0 Å². The molecule has 3 aliphatic rings. The first-order valence-corrected chi connectivity index (χ1v) is 6.96. The fraction of sp³-hybridized carbons (Fsp3) is 0.312. The number of Topliss-reactive ketones (excluding diaryl/α,β-unsaturated/α-hetero) is 1. The van der Waals surface area contributed by atoms with Crippen LogP contribution in [-0.4, -0.2) is 19.2 Å². The molecular weight excluding hydrogens is 272 g/mol. The average molecular weight is 284 g/mol. The summed E-state index contributed by atoms with van der Waals surface area (Å²) in [6.45, 7) is 0. The lowest BCUT2D eigenvalue weighted by Crippen LogP contribution is -2.14. The van der Waals surface area contributed by atoms with Crippen molar-refractivity contribution in [2.24, 2.45) is 0 Å². The number of hydrogen-bond donors (Lipinski definition) is 0. The summed E-state index contributed by atoms with van der Waals surface area (Å²) in [4.78, 5) is 12.0. The third-order valence-electron chi connectivity index (χ3n) is 4.47. The molecule has 5 heteroatoms. The van der Waals surface area contributed by atoms with Crippen LogP contribution in [0, 0.1) is 0 Å². The molecule has 0 saturated heterocycles. The number of carbonyl (C=O) groups excluding carboxylic acids is 1. The van der Waals surface area contributed by atoms with Crippen LogP contribution in [0.4, 0.5) is 0 Å². The van der Waals surface area contributed by atoms with Crippen molar-refractivity contribution >= 4 is 16.8 Å². The number of aryl methyl sites for hydroxylation is 1. The van der Waals surface area contributed by atoms with E-state index in [9.17, 15) is 4.79 Å². The molecular formula is C16H12O5. The van der Waals surface area contributed by atoms with Gasteiger partial charge in [0.05, 0.1) is 30.2 Å². The van der Waals surface area contributed by atoms with Gasteiger partial charge in [-0.15, -0.1) is 0 Å². The largest absolute Gasteiger partial charge is 0.496 e. The molecule has 2 aliphatic heterocycles. The van der Waals surface area contributed by atoms with E-state index in [0.29, 0.717) is 35.7 Å². The van der Waals surface area contributed by atoms with Crippen molar-refractivity contribution in [3.63, 3.8) is 0 Å². The molecule has 5 rings (SSSR count). The number of ketones is 1. The first kappa shape index (κ1) is 11.3. The molecule has 0 radical (unpaired) electrons. The highest BCUT2D eigenvalue weighted by Gasteiger charge is 2.42. The highest BCUT2D eigenvalue weighted by Crippen LogP contribution is 2.51. The van der Waals surface area contributed by atoms with Crippen LogP contribution in [0.3, 0.4) is 0 Å². The lowest BCUT2D eigenvalue weighted by molar-refractivity contribution is -0.00484. The second-order valence-electron chi connectivity index (χ2n) is 5.50. The average Bonchev–Trinajstić information content (AvgIpc) is 3.18. The monoisotopic (exact) mass is 284 g/mol. The van der Waals surface area contributed by atoms with Crippen molar-refractivity contribution in [3.8, 4) is 11.5 Å². The smallest absolute Gasteiger partial charge is 0.250 e. The molecule has 1 aromatic heterocycles. The summed E-state index contributed by atoms with van der Waals surface area (Å²) < 4.78 is 22.6. The molecule has 1 aliphatic carbocycles. The molecule has 1 aromatic carbocycles. The number of benzene rings is 1. The lowest BCUT2D eigenvalue weighted by atomic mass is 9.97. The first-order valence-electron chi connectivity index (χ1n) is 6.96. The maximum Gasteiger partial charge on any atom is 0.250 e. The molecule has 2 atom stereocenters. The summed E-state index contributed by atoms with van der Waals surface area (Å²) in [5, 5.41) is 0.904. The Labute approximate surface area is 120 Å². The molecule has 0 bridgehead atoms. The van der Waals surface area contributed by atoms with Gasteiger partial charge in [0.15, 0.2) is 11.5 Å². The number of carbonyl (C=O) groups is 1. The van der Waals surface area contributed by atoms with Gasteiger partial charge in [-0.25, -0.2) is 0 Å². The summed E-state index contributed by atoms with van der Waals surface area (Å²) in [5.41, 5.74) is 2.61. The van der Waals surface area contributed by atoms with Gasteiger partial charge < -0.3 is 18.6 Å². The van der Waals surface area contributed by atoms with Crippen LogP contribution >= 0.6 is 0 Å². The minimum atomic E-state index is -0.342. The Morgan fingerprint density at radius 3 is 3.10 bits per heavy atom. The van der Waals surface area contributed by atoms with E-state index in [-0.39, 0.29) is 18.0 Å². The van der Waals surface area contributed by atoms with Gasteiger partial charge >= 0.3 is 0 Å². The summed E-state index contributed by atoms with van der Waals surface area (Å²) in [6.07, 6.45) is 4.48. The van der Waals surface area contributed by atoms with Crippen molar-refractivity contribution in [2.75, 3.05) is 7.11 Å². The van der Waals surface area contributed by atoms with Crippen LogP contribution in [0.15, 0.2) is 22.8 Å². The molecule has 0 saturated carbocycles. The zero-order chi connectivity index (χ0) is 14.1. The fourth-order valence-corrected chi connectivity index (χ4v) is 3.53. The first-order chi connectivity index (χ1) is 10.3. The summed E-state index contributed by atoms with van der Waals surface area (Å²) >= 11 is 0. The SMILES string of the molecule is COc1cc2c(c3oc4c(c13)CCC4=O)C1C=COC1O2. The second-order valence-corrected chi connectivity index (χ2v) is 5.50. The van der Waals surface area contributed by atoms with Gasteiger partial charge in [0.2, 0.25) is 0 Å². The van der Waals surface area contributed by atoms with Gasteiger partial charge in [-0.2, -0.15) is 0 Å². The van der Waals surface area contributed by atoms with Gasteiger partial charge in [0.25, 0.3) is 6.29 Å². The molecule has 0 N–H and O–H groups in total. The van der Waals surface area contributed by atoms with Crippen LogP contribution < -0.4 is 9.47 Å². The van der Waals surface area contributed by atoms with E-state index < -0.39 is 0 Å². The Morgan fingerprint density at radius 2 is 2.24 bits per heavy atom. The molecule has 3 heterocycles. The van der Waals surface area contributed by atoms with Gasteiger partial charge in [0, 0.05) is 18.1 Å². The van der Waals surface area contributed by atoms with Gasteiger partial charge in [-0.1, -0.05) is 0 Å². The summed E-state index contributed by atoms with van der Waals surface area (Å²) in [6, 6.07) is 1.87. The highest BCUT2D eigenvalue weighted by atomic mass is 16.7. The number of rotatable bonds is 1. The standard InChI is InChI=1S/C16H12O5/c1-18-10-6-11-13(8-4-5-19-16(8)20-11)15-12(10)7-2-3-9(17)14(7)21-15/h4-6,8,16H,2-3H2,1H3. The quantitative estimate of drug-likeness (QED) is 0.806. The van der Waals surface area contributed by atoms with Gasteiger partial charge in [0.1, 0.15) is 17.1 Å². The minimum Gasteiger partial charge on any atom is -0.496 e. The third-order valence-corrected chi connectivity index (χ3v) is 4.47. The zero-order valence-electron chi connectivity index (χ0n) is 11.3. The van der Waals surface area contributed by atoms with E-state index in [4.69, 9.17) is 18.6 Å². The van der Waals surface area contributed by atoms with Crippen molar-refractivity contribution in [1.29, 1.82) is 0 Å². The molecule has 5 nitrogen and oxygen atoms in total.